The summed E-state index contributed by atoms with van der Waals surface area (Å²) in [4.78, 5) is 4.27. The van der Waals surface area contributed by atoms with Gasteiger partial charge in [-0.3, -0.25) is 10.1 Å². The van der Waals surface area contributed by atoms with E-state index in [9.17, 15) is 0 Å². The molecule has 2 aromatic rings. The maximum absolute atomic E-state index is 8.50. The summed E-state index contributed by atoms with van der Waals surface area (Å²) in [5.74, 6) is 0.378. The first-order valence-corrected chi connectivity index (χ1v) is 7.68. The number of hydrogen-bond acceptors (Lipinski definition) is 6. The van der Waals surface area contributed by atoms with Crippen molar-refractivity contribution in [2.75, 3.05) is 18.9 Å². The number of nitrogens with zero attached hydrogens (tertiary/aromatic N) is 3. The molecule has 122 valence electrons. The van der Waals surface area contributed by atoms with Crippen LogP contribution in [0.3, 0.4) is 0 Å². The molecule has 0 spiro atoms. The molecule has 0 radical (unpaired) electrons. The van der Waals surface area contributed by atoms with E-state index in [1.165, 1.54) is 0 Å². The van der Waals surface area contributed by atoms with Gasteiger partial charge >= 0.3 is 0 Å². The van der Waals surface area contributed by atoms with Gasteiger partial charge in [-0.2, -0.15) is 5.10 Å². The average Bonchev–Trinajstić information content (AvgIpc) is 3.18. The molecule has 1 saturated heterocycles. The van der Waals surface area contributed by atoms with Gasteiger partial charge in [0.2, 0.25) is 5.88 Å². The van der Waals surface area contributed by atoms with Crippen molar-refractivity contribution in [2.24, 2.45) is 0 Å². The van der Waals surface area contributed by atoms with Gasteiger partial charge in [-0.15, -0.1) is 0 Å². The van der Waals surface area contributed by atoms with Crippen molar-refractivity contribution in [3.63, 3.8) is 0 Å². The molecule has 0 aliphatic carbocycles. The lowest BCUT2D eigenvalue weighted by molar-refractivity contribution is 0.138. The quantitative estimate of drug-likeness (QED) is 0.822. The predicted molar refractivity (Wildman–Crippen MR) is 87.0 cm³/mol. The number of hydrogen-bond donors (Lipinski definition) is 2. The SMILES string of the molecule is CC(C)n1cc(C(=N)c2c(N)ccnc2OC2CCOC2)cn1. The summed E-state index contributed by atoms with van der Waals surface area (Å²) in [6.45, 7) is 5.29. The monoisotopic (exact) mass is 315 g/mol. The van der Waals surface area contributed by atoms with Crippen molar-refractivity contribution in [3.8, 4) is 5.88 Å². The van der Waals surface area contributed by atoms with Crippen molar-refractivity contribution < 1.29 is 9.47 Å². The Morgan fingerprint density at radius 2 is 2.35 bits per heavy atom. The number of nitrogen functional groups attached to an aromatic ring is 1. The molecule has 1 aliphatic heterocycles. The lowest BCUT2D eigenvalue weighted by Crippen LogP contribution is -2.19. The third-order valence-electron chi connectivity index (χ3n) is 3.78. The van der Waals surface area contributed by atoms with Crippen LogP contribution >= 0.6 is 0 Å². The molecule has 1 unspecified atom stereocenters. The number of anilines is 1. The lowest BCUT2D eigenvalue weighted by Gasteiger charge is -2.16. The normalized spacial score (nSPS) is 17.6. The van der Waals surface area contributed by atoms with E-state index in [1.807, 2.05) is 24.7 Å². The van der Waals surface area contributed by atoms with Gasteiger partial charge in [-0.1, -0.05) is 0 Å². The largest absolute Gasteiger partial charge is 0.471 e. The molecule has 0 amide bonds. The fraction of sp³-hybridized carbons (Fsp3) is 0.438. The summed E-state index contributed by atoms with van der Waals surface area (Å²) in [7, 11) is 0. The van der Waals surface area contributed by atoms with Crippen molar-refractivity contribution in [1.29, 1.82) is 5.41 Å². The van der Waals surface area contributed by atoms with E-state index in [0.29, 0.717) is 35.9 Å². The van der Waals surface area contributed by atoms with Crippen LogP contribution in [-0.2, 0) is 4.74 Å². The Labute approximate surface area is 134 Å². The van der Waals surface area contributed by atoms with Crippen molar-refractivity contribution in [2.45, 2.75) is 32.4 Å². The molecule has 0 saturated carbocycles. The standard InChI is InChI=1S/C16H21N5O2/c1-10(2)21-8-11(7-20-21)15(18)14-13(17)3-5-19-16(14)23-12-4-6-22-9-12/h3,5,7-8,10,12,18H,4,6,9H2,1-2H3,(H2,17,19). The Bertz CT molecular complexity index is 704. The predicted octanol–water partition coefficient (Wildman–Crippen LogP) is 2.03. The van der Waals surface area contributed by atoms with E-state index in [4.69, 9.17) is 20.6 Å². The third-order valence-corrected chi connectivity index (χ3v) is 3.78. The van der Waals surface area contributed by atoms with Crippen molar-refractivity contribution in [3.05, 3.63) is 35.8 Å². The Morgan fingerprint density at radius 1 is 1.52 bits per heavy atom. The van der Waals surface area contributed by atoms with Gasteiger partial charge in [-0.25, -0.2) is 4.98 Å². The van der Waals surface area contributed by atoms with E-state index in [1.54, 1.807) is 18.5 Å². The number of pyridine rings is 1. The second-order valence-corrected chi connectivity index (χ2v) is 5.86. The number of nitrogens with two attached hydrogens (primary N) is 1. The molecule has 3 rings (SSSR count). The first-order valence-electron chi connectivity index (χ1n) is 7.68. The summed E-state index contributed by atoms with van der Waals surface area (Å²) in [5, 5.41) is 12.8. The molecule has 3 N–H and O–H groups in total. The van der Waals surface area contributed by atoms with Crippen LogP contribution < -0.4 is 10.5 Å². The second kappa shape index (κ2) is 6.37. The topological polar surface area (TPSA) is 99.0 Å². The number of nitrogens with one attached hydrogen (secondary N) is 1. The smallest absolute Gasteiger partial charge is 0.225 e. The van der Waals surface area contributed by atoms with Crippen molar-refractivity contribution >= 4 is 11.4 Å². The van der Waals surface area contributed by atoms with Gasteiger partial charge < -0.3 is 15.2 Å². The zero-order valence-electron chi connectivity index (χ0n) is 13.3. The molecule has 23 heavy (non-hydrogen) atoms. The van der Waals surface area contributed by atoms with Crippen LogP contribution in [0.15, 0.2) is 24.7 Å². The van der Waals surface area contributed by atoms with Crippen LogP contribution in [0.4, 0.5) is 5.69 Å². The molecule has 1 aliphatic rings. The van der Waals surface area contributed by atoms with Gasteiger partial charge in [0.05, 0.1) is 30.7 Å². The number of ether oxygens (including phenoxy) is 2. The first kappa shape index (κ1) is 15.5. The van der Waals surface area contributed by atoms with E-state index >= 15 is 0 Å². The fourth-order valence-corrected chi connectivity index (χ4v) is 2.45. The minimum absolute atomic E-state index is 0.0470. The maximum Gasteiger partial charge on any atom is 0.225 e. The molecule has 3 heterocycles. The Morgan fingerprint density at radius 3 is 3.00 bits per heavy atom. The molecule has 0 aromatic carbocycles. The summed E-state index contributed by atoms with van der Waals surface area (Å²) in [6.07, 6.45) is 5.86. The Kier molecular flexibility index (Phi) is 4.29. The number of aromatic nitrogens is 3. The molecule has 2 aromatic heterocycles. The minimum Gasteiger partial charge on any atom is -0.471 e. The zero-order chi connectivity index (χ0) is 16.4. The summed E-state index contributed by atoms with van der Waals surface area (Å²) < 4.78 is 13.0. The van der Waals surface area contributed by atoms with Crippen LogP contribution in [0.5, 0.6) is 5.88 Å². The van der Waals surface area contributed by atoms with Crippen LogP contribution in [0.25, 0.3) is 0 Å². The van der Waals surface area contributed by atoms with Gasteiger partial charge in [-0.05, 0) is 19.9 Å². The first-order chi connectivity index (χ1) is 11.1. The van der Waals surface area contributed by atoms with E-state index < -0.39 is 0 Å². The average molecular weight is 315 g/mol. The lowest BCUT2D eigenvalue weighted by atomic mass is 10.1. The third kappa shape index (κ3) is 3.19. The minimum atomic E-state index is -0.0470. The van der Waals surface area contributed by atoms with E-state index in [0.717, 1.165) is 6.42 Å². The highest BCUT2D eigenvalue weighted by molar-refractivity contribution is 6.15. The van der Waals surface area contributed by atoms with Gasteiger partial charge in [0.25, 0.3) is 0 Å². The number of rotatable bonds is 5. The van der Waals surface area contributed by atoms with Crippen LogP contribution in [-0.4, -0.2) is 39.8 Å². The second-order valence-electron chi connectivity index (χ2n) is 5.86. The molecule has 0 bridgehead atoms. The maximum atomic E-state index is 8.50. The van der Waals surface area contributed by atoms with Gasteiger partial charge in [0.15, 0.2) is 0 Å². The molecule has 1 fully saturated rings. The summed E-state index contributed by atoms with van der Waals surface area (Å²) in [6, 6.07) is 1.91. The van der Waals surface area contributed by atoms with Crippen LogP contribution in [0, 0.1) is 5.41 Å². The van der Waals surface area contributed by atoms with Gasteiger partial charge in [0.1, 0.15) is 6.10 Å². The van der Waals surface area contributed by atoms with E-state index in [-0.39, 0.29) is 17.9 Å². The summed E-state index contributed by atoms with van der Waals surface area (Å²) >= 11 is 0. The molecule has 7 heteroatoms. The zero-order valence-corrected chi connectivity index (χ0v) is 13.3. The highest BCUT2D eigenvalue weighted by Gasteiger charge is 2.23. The highest BCUT2D eigenvalue weighted by atomic mass is 16.5. The molecule has 7 nitrogen and oxygen atoms in total. The van der Waals surface area contributed by atoms with Crippen LogP contribution in [0.2, 0.25) is 0 Å². The van der Waals surface area contributed by atoms with Crippen LogP contribution in [0.1, 0.15) is 37.4 Å². The fourth-order valence-electron chi connectivity index (χ4n) is 2.45. The molecular weight excluding hydrogens is 294 g/mol. The van der Waals surface area contributed by atoms with Gasteiger partial charge in [0, 0.05) is 36.1 Å². The summed E-state index contributed by atoms with van der Waals surface area (Å²) in [5.41, 5.74) is 8.00. The Hall–Kier alpha value is -2.41. The molecule has 1 atom stereocenters. The van der Waals surface area contributed by atoms with E-state index in [2.05, 4.69) is 10.1 Å². The highest BCUT2D eigenvalue weighted by Crippen LogP contribution is 2.27. The Balaban J connectivity index is 1.91. The van der Waals surface area contributed by atoms with Crippen molar-refractivity contribution in [1.82, 2.24) is 14.8 Å². The molecular formula is C16H21N5O2.